The molecule has 0 aromatic carbocycles. The van der Waals surface area contributed by atoms with E-state index in [9.17, 15) is 9.59 Å². The second-order valence-corrected chi connectivity index (χ2v) is 2.68. The molecule has 0 aliphatic heterocycles. The minimum Gasteiger partial charge on any atom is -0.480 e. The first kappa shape index (κ1) is 10.2. The molecule has 7 nitrogen and oxygen atoms in total. The van der Waals surface area contributed by atoms with Gasteiger partial charge < -0.3 is 10.5 Å². The first-order valence-corrected chi connectivity index (χ1v) is 3.81. The van der Waals surface area contributed by atoms with Crippen LogP contribution in [0.25, 0.3) is 0 Å². The molecule has 0 atom stereocenters. The lowest BCUT2D eigenvalue weighted by atomic mass is 10.4. The molecule has 0 saturated carbocycles. The minimum atomic E-state index is -1.09. The van der Waals surface area contributed by atoms with E-state index in [-0.39, 0.29) is 5.82 Å². The first-order valence-electron chi connectivity index (χ1n) is 3.81. The summed E-state index contributed by atoms with van der Waals surface area (Å²) >= 11 is 0. The van der Waals surface area contributed by atoms with Crippen LogP contribution in [0.15, 0.2) is 11.0 Å². The molecule has 0 amide bonds. The fourth-order valence-corrected chi connectivity index (χ4v) is 1.00. The van der Waals surface area contributed by atoms with Gasteiger partial charge in [0.25, 0.3) is 5.56 Å². The predicted molar refractivity (Wildman–Crippen MR) is 48.7 cm³/mol. The van der Waals surface area contributed by atoms with Gasteiger partial charge in [0.05, 0.1) is 0 Å². The Morgan fingerprint density at radius 2 is 2.43 bits per heavy atom. The van der Waals surface area contributed by atoms with Gasteiger partial charge >= 0.3 is 5.97 Å². The summed E-state index contributed by atoms with van der Waals surface area (Å²) in [4.78, 5) is 25.6. The first-order chi connectivity index (χ1) is 6.56. The van der Waals surface area contributed by atoms with E-state index in [1.807, 2.05) is 0 Å². The fourth-order valence-electron chi connectivity index (χ4n) is 1.00. The number of nitrogens with zero attached hydrogens (tertiary/aromatic N) is 2. The fraction of sp³-hybridized carbons (Fsp3) is 0.286. The van der Waals surface area contributed by atoms with Crippen molar-refractivity contribution in [3.63, 3.8) is 0 Å². The van der Waals surface area contributed by atoms with Gasteiger partial charge in [0, 0.05) is 11.9 Å². The number of aryl methyl sites for hydroxylation is 1. The second kappa shape index (κ2) is 3.88. The molecule has 1 aromatic heterocycles. The maximum absolute atomic E-state index is 11.5. The number of aromatic nitrogens is 2. The van der Waals surface area contributed by atoms with E-state index < -0.39 is 18.1 Å². The zero-order chi connectivity index (χ0) is 10.7. The number of anilines is 1. The van der Waals surface area contributed by atoms with Crippen LogP contribution in [-0.2, 0) is 11.3 Å². The molecule has 0 radical (unpaired) electrons. The molecule has 14 heavy (non-hydrogen) atoms. The van der Waals surface area contributed by atoms with E-state index in [1.54, 1.807) is 6.92 Å². The van der Waals surface area contributed by atoms with Crippen molar-refractivity contribution in [1.82, 2.24) is 9.55 Å². The Kier molecular flexibility index (Phi) is 2.82. The van der Waals surface area contributed by atoms with Crippen LogP contribution in [0.2, 0.25) is 0 Å². The number of hydrogen-bond donors (Lipinski definition) is 3. The third-order valence-corrected chi connectivity index (χ3v) is 1.68. The van der Waals surface area contributed by atoms with Gasteiger partial charge in [-0.05, 0) is 6.92 Å². The largest absolute Gasteiger partial charge is 0.480 e. The van der Waals surface area contributed by atoms with Gasteiger partial charge in [-0.1, -0.05) is 0 Å². The van der Waals surface area contributed by atoms with Crippen LogP contribution in [0.1, 0.15) is 5.69 Å². The third-order valence-electron chi connectivity index (χ3n) is 1.68. The van der Waals surface area contributed by atoms with E-state index >= 15 is 0 Å². The molecule has 0 bridgehead atoms. The van der Waals surface area contributed by atoms with Gasteiger partial charge in [-0.15, -0.1) is 0 Å². The lowest BCUT2D eigenvalue weighted by Gasteiger charge is -2.07. The van der Waals surface area contributed by atoms with Gasteiger partial charge in [-0.3, -0.25) is 14.2 Å². The third kappa shape index (κ3) is 1.88. The van der Waals surface area contributed by atoms with Crippen molar-refractivity contribution in [2.45, 2.75) is 13.5 Å². The molecular weight excluding hydrogens is 188 g/mol. The van der Waals surface area contributed by atoms with Crippen LogP contribution >= 0.6 is 0 Å². The zero-order valence-corrected chi connectivity index (χ0v) is 7.52. The smallest absolute Gasteiger partial charge is 0.323 e. The van der Waals surface area contributed by atoms with Crippen LogP contribution < -0.4 is 16.8 Å². The van der Waals surface area contributed by atoms with E-state index in [0.717, 1.165) is 4.57 Å². The molecule has 1 heterocycles. The van der Waals surface area contributed by atoms with E-state index in [1.165, 1.54) is 6.20 Å². The molecule has 0 unspecified atom stereocenters. The van der Waals surface area contributed by atoms with Crippen LogP contribution in [0.5, 0.6) is 0 Å². The summed E-state index contributed by atoms with van der Waals surface area (Å²) in [6.45, 7) is 1.19. The molecule has 0 aliphatic rings. The van der Waals surface area contributed by atoms with Crippen LogP contribution in [0.4, 0.5) is 5.82 Å². The van der Waals surface area contributed by atoms with Crippen LogP contribution in [0.3, 0.4) is 0 Å². The quantitative estimate of drug-likeness (QED) is 0.421. The number of carbonyl (C=O) groups is 1. The Morgan fingerprint density at radius 3 is 2.93 bits per heavy atom. The summed E-state index contributed by atoms with van der Waals surface area (Å²) in [5, 5.41) is 8.55. The summed E-state index contributed by atoms with van der Waals surface area (Å²) in [5.41, 5.74) is 2.02. The van der Waals surface area contributed by atoms with Crippen molar-refractivity contribution in [3.05, 3.63) is 22.2 Å². The molecule has 4 N–H and O–H groups in total. The number of hydrogen-bond acceptors (Lipinski definition) is 5. The number of carboxylic acids is 1. The summed E-state index contributed by atoms with van der Waals surface area (Å²) in [6, 6.07) is 0. The average molecular weight is 198 g/mol. The molecule has 1 aromatic rings. The van der Waals surface area contributed by atoms with E-state index in [4.69, 9.17) is 10.9 Å². The highest BCUT2D eigenvalue weighted by molar-refractivity contribution is 5.66. The number of rotatable bonds is 3. The molecule has 0 aliphatic carbocycles. The normalized spacial score (nSPS) is 9.86. The number of nitrogens with two attached hydrogens (primary N) is 1. The van der Waals surface area contributed by atoms with Crippen molar-refractivity contribution < 1.29 is 9.90 Å². The van der Waals surface area contributed by atoms with Gasteiger partial charge in [-0.2, -0.15) is 0 Å². The molecule has 1 rings (SSSR count). The second-order valence-electron chi connectivity index (χ2n) is 2.68. The molecular formula is C7H10N4O3. The number of nitrogens with one attached hydrogen (secondary N) is 1. The number of nitrogen functional groups attached to an aromatic ring is 1. The molecule has 7 heteroatoms. The maximum atomic E-state index is 11.5. The Bertz CT molecular complexity index is 412. The lowest BCUT2D eigenvalue weighted by Crippen LogP contribution is -2.30. The van der Waals surface area contributed by atoms with E-state index in [0.29, 0.717) is 5.69 Å². The SMILES string of the molecule is Cc1cnc(NN)c(=O)n1CC(=O)O. The summed E-state index contributed by atoms with van der Waals surface area (Å²) < 4.78 is 1.07. The van der Waals surface area contributed by atoms with Crippen molar-refractivity contribution >= 4 is 11.8 Å². The van der Waals surface area contributed by atoms with Crippen molar-refractivity contribution in [1.29, 1.82) is 0 Å². The highest BCUT2D eigenvalue weighted by atomic mass is 16.4. The Morgan fingerprint density at radius 1 is 1.79 bits per heavy atom. The van der Waals surface area contributed by atoms with Crippen molar-refractivity contribution in [2.24, 2.45) is 5.84 Å². The topological polar surface area (TPSA) is 110 Å². The predicted octanol–water partition coefficient (Wildman–Crippen LogP) is -1.08. The summed E-state index contributed by atoms with van der Waals surface area (Å²) in [7, 11) is 0. The van der Waals surface area contributed by atoms with E-state index in [2.05, 4.69) is 10.4 Å². The standard InChI is InChI=1S/C7H10N4O3/c1-4-2-9-6(10-8)7(14)11(4)3-5(12)13/h2H,3,8H2,1H3,(H,9,10)(H,12,13). The van der Waals surface area contributed by atoms with Gasteiger partial charge in [0.1, 0.15) is 6.54 Å². The van der Waals surface area contributed by atoms with Gasteiger partial charge in [0.2, 0.25) is 5.82 Å². The monoisotopic (exact) mass is 198 g/mol. The maximum Gasteiger partial charge on any atom is 0.323 e. The zero-order valence-electron chi connectivity index (χ0n) is 7.52. The highest BCUT2D eigenvalue weighted by Crippen LogP contribution is 1.96. The Labute approximate surface area is 79.2 Å². The minimum absolute atomic E-state index is 0.0724. The molecule has 0 spiro atoms. The molecule has 76 valence electrons. The van der Waals surface area contributed by atoms with Gasteiger partial charge in [0.15, 0.2) is 0 Å². The Hall–Kier alpha value is -1.89. The number of carboxylic acid groups (broad SMARTS) is 1. The summed E-state index contributed by atoms with van der Waals surface area (Å²) in [6.07, 6.45) is 1.37. The molecule has 0 fully saturated rings. The van der Waals surface area contributed by atoms with Crippen molar-refractivity contribution in [2.75, 3.05) is 5.43 Å². The van der Waals surface area contributed by atoms with Crippen molar-refractivity contribution in [3.8, 4) is 0 Å². The van der Waals surface area contributed by atoms with Crippen LogP contribution in [-0.4, -0.2) is 20.6 Å². The average Bonchev–Trinajstić information content (AvgIpc) is 2.12. The van der Waals surface area contributed by atoms with Gasteiger partial charge in [-0.25, -0.2) is 10.8 Å². The summed E-state index contributed by atoms with van der Waals surface area (Å²) in [5.74, 6) is 3.86. The lowest BCUT2D eigenvalue weighted by molar-refractivity contribution is -0.137. The Balaban J connectivity index is 3.25. The van der Waals surface area contributed by atoms with Crippen LogP contribution in [0, 0.1) is 6.92 Å². The number of hydrazine groups is 1. The number of aliphatic carboxylic acids is 1. The molecule has 0 saturated heterocycles. The highest BCUT2D eigenvalue weighted by Gasteiger charge is 2.09.